The Morgan fingerprint density at radius 1 is 0.667 bits per heavy atom. The molecule has 0 spiro atoms. The first-order chi connectivity index (χ1) is 13.0. The molecule has 6 nitrogen and oxygen atoms in total. The molecule has 1 unspecified atom stereocenters. The highest BCUT2D eigenvalue weighted by Crippen LogP contribution is 2.41. The lowest BCUT2D eigenvalue weighted by molar-refractivity contribution is 0.201. The molecule has 0 fully saturated rings. The Kier molecular flexibility index (Phi) is 7.05. The molecule has 0 aliphatic heterocycles. The fraction of sp³-hybridized carbons (Fsp3) is 0.429. The SMILES string of the molecule is COc1cc(CC(C)Oc2c(OC)cc(C)cc2OC)cc(OC)c1OC. The van der Waals surface area contributed by atoms with Crippen LogP contribution in [0, 0.1) is 6.92 Å². The fourth-order valence-electron chi connectivity index (χ4n) is 2.96. The first-order valence-electron chi connectivity index (χ1n) is 8.65. The van der Waals surface area contributed by atoms with Crippen molar-refractivity contribution in [3.8, 4) is 34.5 Å². The van der Waals surface area contributed by atoms with Crippen molar-refractivity contribution in [3.63, 3.8) is 0 Å². The third-order valence-corrected chi connectivity index (χ3v) is 4.17. The zero-order valence-electron chi connectivity index (χ0n) is 17.0. The normalized spacial score (nSPS) is 11.5. The molecule has 0 aliphatic rings. The molecule has 0 heterocycles. The monoisotopic (exact) mass is 376 g/mol. The van der Waals surface area contributed by atoms with Crippen LogP contribution in [0.2, 0.25) is 0 Å². The van der Waals surface area contributed by atoms with Gasteiger partial charge in [-0.3, -0.25) is 0 Å². The predicted octanol–water partition coefficient (Wildman–Crippen LogP) is 4.05. The maximum absolute atomic E-state index is 6.16. The molecule has 0 bridgehead atoms. The van der Waals surface area contributed by atoms with Gasteiger partial charge in [0.05, 0.1) is 35.5 Å². The molecule has 148 valence electrons. The van der Waals surface area contributed by atoms with Gasteiger partial charge in [-0.15, -0.1) is 0 Å². The van der Waals surface area contributed by atoms with Gasteiger partial charge in [0.2, 0.25) is 11.5 Å². The van der Waals surface area contributed by atoms with Gasteiger partial charge in [-0.05, 0) is 49.2 Å². The minimum Gasteiger partial charge on any atom is -0.493 e. The molecule has 1 atom stereocenters. The zero-order chi connectivity index (χ0) is 20.0. The first-order valence-corrected chi connectivity index (χ1v) is 8.65. The van der Waals surface area contributed by atoms with Crippen LogP contribution < -0.4 is 28.4 Å². The molecule has 2 rings (SSSR count). The van der Waals surface area contributed by atoms with Gasteiger partial charge in [0, 0.05) is 6.42 Å². The number of ether oxygens (including phenoxy) is 6. The molecule has 0 saturated heterocycles. The van der Waals surface area contributed by atoms with Crippen LogP contribution in [-0.4, -0.2) is 41.7 Å². The summed E-state index contributed by atoms with van der Waals surface area (Å²) < 4.78 is 33.3. The lowest BCUT2D eigenvalue weighted by Gasteiger charge is -2.21. The average Bonchev–Trinajstić information content (AvgIpc) is 2.67. The number of hydrogen-bond donors (Lipinski definition) is 0. The Labute approximate surface area is 160 Å². The van der Waals surface area contributed by atoms with E-state index in [1.54, 1.807) is 35.5 Å². The summed E-state index contributed by atoms with van der Waals surface area (Å²) in [5.74, 6) is 3.67. The lowest BCUT2D eigenvalue weighted by Crippen LogP contribution is -2.16. The van der Waals surface area contributed by atoms with Gasteiger partial charge in [0.25, 0.3) is 0 Å². The van der Waals surface area contributed by atoms with Crippen molar-refractivity contribution >= 4 is 0 Å². The van der Waals surface area contributed by atoms with Gasteiger partial charge in [-0.25, -0.2) is 0 Å². The first kappa shape index (κ1) is 20.6. The summed E-state index contributed by atoms with van der Waals surface area (Å²) in [7, 11) is 8.02. The smallest absolute Gasteiger partial charge is 0.203 e. The Balaban J connectivity index is 2.27. The Hall–Kier alpha value is -2.76. The van der Waals surface area contributed by atoms with E-state index in [0.29, 0.717) is 40.9 Å². The number of methoxy groups -OCH3 is 5. The highest BCUT2D eigenvalue weighted by atomic mass is 16.5. The minimum absolute atomic E-state index is 0.140. The van der Waals surface area contributed by atoms with E-state index in [1.807, 2.05) is 38.1 Å². The molecule has 0 saturated carbocycles. The van der Waals surface area contributed by atoms with Crippen LogP contribution in [0.4, 0.5) is 0 Å². The number of rotatable bonds is 9. The van der Waals surface area contributed by atoms with Gasteiger partial charge in [0.1, 0.15) is 6.10 Å². The van der Waals surface area contributed by atoms with Crippen molar-refractivity contribution in [2.45, 2.75) is 26.4 Å². The second-order valence-corrected chi connectivity index (χ2v) is 6.16. The summed E-state index contributed by atoms with van der Waals surface area (Å²) in [4.78, 5) is 0. The topological polar surface area (TPSA) is 55.4 Å². The number of hydrogen-bond acceptors (Lipinski definition) is 6. The maximum Gasteiger partial charge on any atom is 0.203 e. The predicted molar refractivity (Wildman–Crippen MR) is 104 cm³/mol. The third kappa shape index (κ3) is 4.70. The fourth-order valence-corrected chi connectivity index (χ4v) is 2.96. The van der Waals surface area contributed by atoms with Crippen molar-refractivity contribution in [1.29, 1.82) is 0 Å². The van der Waals surface area contributed by atoms with E-state index in [-0.39, 0.29) is 6.10 Å². The molecule has 0 N–H and O–H groups in total. The highest BCUT2D eigenvalue weighted by Gasteiger charge is 2.19. The third-order valence-electron chi connectivity index (χ3n) is 4.17. The molecular formula is C21H28O6. The van der Waals surface area contributed by atoms with Crippen LogP contribution in [0.1, 0.15) is 18.1 Å². The van der Waals surface area contributed by atoms with Gasteiger partial charge in [-0.2, -0.15) is 0 Å². The summed E-state index contributed by atoms with van der Waals surface area (Å²) in [5, 5.41) is 0. The second kappa shape index (κ2) is 9.26. The van der Waals surface area contributed by atoms with E-state index in [9.17, 15) is 0 Å². The average molecular weight is 376 g/mol. The minimum atomic E-state index is -0.140. The summed E-state index contributed by atoms with van der Waals surface area (Å²) in [6.45, 7) is 3.97. The Bertz CT molecular complexity index is 721. The van der Waals surface area contributed by atoms with Crippen molar-refractivity contribution in [2.75, 3.05) is 35.5 Å². The molecule has 0 aliphatic carbocycles. The molecule has 0 amide bonds. The molecule has 6 heteroatoms. The van der Waals surface area contributed by atoms with E-state index in [2.05, 4.69) is 0 Å². The van der Waals surface area contributed by atoms with Gasteiger partial charge >= 0.3 is 0 Å². The van der Waals surface area contributed by atoms with Crippen LogP contribution in [0.5, 0.6) is 34.5 Å². The molecule has 0 radical (unpaired) electrons. The Morgan fingerprint density at radius 2 is 1.11 bits per heavy atom. The number of benzene rings is 2. The van der Waals surface area contributed by atoms with E-state index in [4.69, 9.17) is 28.4 Å². The molecular weight excluding hydrogens is 348 g/mol. The second-order valence-electron chi connectivity index (χ2n) is 6.16. The van der Waals surface area contributed by atoms with Crippen molar-refractivity contribution in [3.05, 3.63) is 35.4 Å². The molecule has 2 aromatic carbocycles. The van der Waals surface area contributed by atoms with Gasteiger partial charge in [0.15, 0.2) is 23.0 Å². The van der Waals surface area contributed by atoms with Crippen LogP contribution in [0.15, 0.2) is 24.3 Å². The van der Waals surface area contributed by atoms with Crippen molar-refractivity contribution < 1.29 is 28.4 Å². The molecule has 27 heavy (non-hydrogen) atoms. The van der Waals surface area contributed by atoms with Gasteiger partial charge < -0.3 is 28.4 Å². The summed E-state index contributed by atoms with van der Waals surface area (Å²) in [6, 6.07) is 7.68. The summed E-state index contributed by atoms with van der Waals surface area (Å²) in [5.41, 5.74) is 2.04. The summed E-state index contributed by atoms with van der Waals surface area (Å²) >= 11 is 0. The van der Waals surface area contributed by atoms with Crippen LogP contribution >= 0.6 is 0 Å². The van der Waals surface area contributed by atoms with Crippen LogP contribution in [-0.2, 0) is 6.42 Å². The lowest BCUT2D eigenvalue weighted by atomic mass is 10.1. The van der Waals surface area contributed by atoms with Crippen molar-refractivity contribution in [1.82, 2.24) is 0 Å². The summed E-state index contributed by atoms with van der Waals surface area (Å²) in [6.07, 6.45) is 0.495. The maximum atomic E-state index is 6.16. The number of aryl methyl sites for hydroxylation is 1. The van der Waals surface area contributed by atoms with E-state index >= 15 is 0 Å². The van der Waals surface area contributed by atoms with Gasteiger partial charge in [-0.1, -0.05) is 0 Å². The van der Waals surface area contributed by atoms with E-state index < -0.39 is 0 Å². The quantitative estimate of drug-likeness (QED) is 0.658. The van der Waals surface area contributed by atoms with Crippen molar-refractivity contribution in [2.24, 2.45) is 0 Å². The van der Waals surface area contributed by atoms with E-state index in [1.165, 1.54) is 0 Å². The Morgan fingerprint density at radius 3 is 1.52 bits per heavy atom. The largest absolute Gasteiger partial charge is 0.493 e. The standard InChI is InChI=1S/C21H28O6/c1-13-8-16(22-3)21(17(9-13)23-4)27-14(2)10-15-11-18(24-5)20(26-7)19(12-15)25-6/h8-9,11-12,14H,10H2,1-7H3. The van der Waals surface area contributed by atoms with E-state index in [0.717, 1.165) is 11.1 Å². The van der Waals surface area contributed by atoms with Crippen LogP contribution in [0.25, 0.3) is 0 Å². The molecule has 0 aromatic heterocycles. The van der Waals surface area contributed by atoms with Crippen LogP contribution in [0.3, 0.4) is 0 Å². The highest BCUT2D eigenvalue weighted by molar-refractivity contribution is 5.55. The molecule has 2 aromatic rings. The zero-order valence-corrected chi connectivity index (χ0v) is 17.0.